The summed E-state index contributed by atoms with van der Waals surface area (Å²) in [7, 11) is -3.45. The first kappa shape index (κ1) is 24.0. The van der Waals surface area contributed by atoms with Gasteiger partial charge in [-0.3, -0.25) is 4.79 Å². The highest BCUT2D eigenvalue weighted by atomic mass is 32.2. The van der Waals surface area contributed by atoms with Gasteiger partial charge in [0.1, 0.15) is 5.82 Å². The molecular weight excluding hydrogens is 452 g/mol. The van der Waals surface area contributed by atoms with Gasteiger partial charge in [0, 0.05) is 37.0 Å². The number of rotatable bonds is 7. The lowest BCUT2D eigenvalue weighted by molar-refractivity contribution is -0.116. The van der Waals surface area contributed by atoms with Crippen LogP contribution in [0.25, 0.3) is 5.95 Å². The summed E-state index contributed by atoms with van der Waals surface area (Å²) >= 11 is 0. The molecule has 0 unspecified atom stereocenters. The van der Waals surface area contributed by atoms with Crippen LogP contribution in [-0.4, -0.2) is 51.5 Å². The average Bonchev–Trinajstić information content (AvgIpc) is 3.18. The molecule has 0 spiro atoms. The molecule has 1 aliphatic heterocycles. The first-order valence-electron chi connectivity index (χ1n) is 11.5. The minimum absolute atomic E-state index is 0.171. The van der Waals surface area contributed by atoms with Gasteiger partial charge in [-0.1, -0.05) is 18.6 Å². The van der Waals surface area contributed by atoms with Crippen molar-refractivity contribution in [3.8, 4) is 5.95 Å². The fourth-order valence-electron chi connectivity index (χ4n) is 4.09. The summed E-state index contributed by atoms with van der Waals surface area (Å²) in [6.45, 7) is 6.76. The van der Waals surface area contributed by atoms with Crippen LogP contribution >= 0.6 is 0 Å². The van der Waals surface area contributed by atoms with Crippen LogP contribution in [0.3, 0.4) is 0 Å². The smallest absolute Gasteiger partial charge is 0.252 e. The van der Waals surface area contributed by atoms with Crippen molar-refractivity contribution >= 4 is 21.7 Å². The molecule has 3 aromatic rings. The van der Waals surface area contributed by atoms with E-state index < -0.39 is 10.0 Å². The molecule has 10 heteroatoms. The van der Waals surface area contributed by atoms with E-state index in [0.717, 1.165) is 41.9 Å². The zero-order valence-electron chi connectivity index (χ0n) is 19.8. The van der Waals surface area contributed by atoms with Gasteiger partial charge in [0.25, 0.3) is 5.95 Å². The molecule has 1 aromatic carbocycles. The number of nitrogens with one attached hydrogen (secondary N) is 1. The lowest BCUT2D eigenvalue weighted by Gasteiger charge is -2.25. The maximum atomic E-state index is 12.8. The molecule has 9 nitrogen and oxygen atoms in total. The van der Waals surface area contributed by atoms with Gasteiger partial charge in [0.2, 0.25) is 15.9 Å². The summed E-state index contributed by atoms with van der Waals surface area (Å²) in [6, 6.07) is 10.5. The summed E-state index contributed by atoms with van der Waals surface area (Å²) in [5.41, 5.74) is 3.27. The second kappa shape index (κ2) is 10.0. The van der Waals surface area contributed by atoms with Crippen LogP contribution in [0.15, 0.2) is 41.3 Å². The number of carbonyl (C=O) groups excluding carboxylic acids is 1. The topological polar surface area (TPSA) is 110 Å². The fraction of sp³-hybridized carbons (Fsp3) is 0.417. The van der Waals surface area contributed by atoms with Gasteiger partial charge in [0.15, 0.2) is 0 Å². The minimum Gasteiger partial charge on any atom is -0.310 e. The van der Waals surface area contributed by atoms with Gasteiger partial charge in [-0.2, -0.15) is 14.1 Å². The number of aryl methyl sites for hydroxylation is 4. The van der Waals surface area contributed by atoms with Crippen LogP contribution in [-0.2, 0) is 21.2 Å². The molecule has 3 heterocycles. The molecule has 2 aromatic heterocycles. The number of hydrogen-bond donors (Lipinski definition) is 1. The Kier molecular flexibility index (Phi) is 7.08. The Hall–Kier alpha value is -3.11. The van der Waals surface area contributed by atoms with Crippen LogP contribution in [0, 0.1) is 20.8 Å². The second-order valence-corrected chi connectivity index (χ2v) is 10.6. The highest BCUT2D eigenvalue weighted by Gasteiger charge is 2.25. The summed E-state index contributed by atoms with van der Waals surface area (Å²) in [4.78, 5) is 21.8. The summed E-state index contributed by atoms with van der Waals surface area (Å²) in [6.07, 6.45) is 3.62. The quantitative estimate of drug-likeness (QED) is 0.553. The summed E-state index contributed by atoms with van der Waals surface area (Å²) < 4.78 is 28.7. The molecule has 0 bridgehead atoms. The Bertz CT molecular complexity index is 1260. The van der Waals surface area contributed by atoms with E-state index in [1.165, 1.54) is 4.68 Å². The normalized spacial score (nSPS) is 14.8. The SMILES string of the molecule is Cc1cc(C)nc(-n2nc(C)cc2NC(=O)CCc2ccc(S(=O)(=O)N3CCCCC3)cc2)n1. The van der Waals surface area contributed by atoms with Gasteiger partial charge in [0.05, 0.1) is 10.6 Å². The molecule has 0 aliphatic carbocycles. The van der Waals surface area contributed by atoms with Gasteiger partial charge < -0.3 is 5.32 Å². The minimum atomic E-state index is -3.45. The van der Waals surface area contributed by atoms with Gasteiger partial charge in [-0.25, -0.2) is 18.4 Å². The predicted octanol–water partition coefficient (Wildman–Crippen LogP) is 3.33. The monoisotopic (exact) mass is 482 g/mol. The third-order valence-electron chi connectivity index (χ3n) is 5.78. The number of amides is 1. The lowest BCUT2D eigenvalue weighted by atomic mass is 10.1. The van der Waals surface area contributed by atoms with Crippen molar-refractivity contribution in [2.24, 2.45) is 0 Å². The van der Waals surface area contributed by atoms with E-state index in [1.807, 2.05) is 26.8 Å². The molecule has 0 saturated carbocycles. The van der Waals surface area contributed by atoms with Gasteiger partial charge >= 0.3 is 0 Å². The van der Waals surface area contributed by atoms with E-state index in [1.54, 1.807) is 34.6 Å². The van der Waals surface area contributed by atoms with Gasteiger partial charge in [-0.15, -0.1) is 0 Å². The molecule has 180 valence electrons. The molecule has 0 atom stereocenters. The number of piperidine rings is 1. The van der Waals surface area contributed by atoms with Gasteiger partial charge in [-0.05, 0) is 63.8 Å². The number of aromatic nitrogens is 4. The number of benzene rings is 1. The van der Waals surface area contributed by atoms with E-state index >= 15 is 0 Å². The average molecular weight is 483 g/mol. The molecule has 1 aliphatic rings. The predicted molar refractivity (Wildman–Crippen MR) is 129 cm³/mol. The Balaban J connectivity index is 1.39. The molecule has 1 N–H and O–H groups in total. The fourth-order valence-corrected chi connectivity index (χ4v) is 5.61. The summed E-state index contributed by atoms with van der Waals surface area (Å²) in [5, 5.41) is 7.32. The number of nitrogens with zero attached hydrogens (tertiary/aromatic N) is 5. The Morgan fingerprint density at radius 2 is 1.59 bits per heavy atom. The van der Waals surface area contributed by atoms with Crippen LogP contribution in [0.5, 0.6) is 0 Å². The second-order valence-electron chi connectivity index (χ2n) is 8.69. The number of hydrogen-bond acceptors (Lipinski definition) is 6. The Labute approximate surface area is 200 Å². The maximum Gasteiger partial charge on any atom is 0.252 e. The standard InChI is InChI=1S/C24H30N6O3S/c1-17-15-18(2)26-24(25-17)30-22(16-19(3)28-30)27-23(31)12-9-20-7-10-21(11-8-20)34(32,33)29-13-5-4-6-14-29/h7-8,10-11,15-16H,4-6,9,12-14H2,1-3H3,(H,27,31). The number of anilines is 1. The Morgan fingerprint density at radius 3 is 2.24 bits per heavy atom. The largest absolute Gasteiger partial charge is 0.310 e. The van der Waals surface area contributed by atoms with Crippen molar-refractivity contribution in [3.63, 3.8) is 0 Å². The molecule has 0 radical (unpaired) electrons. The molecule has 4 rings (SSSR count). The molecular formula is C24H30N6O3S. The van der Waals surface area contributed by atoms with Crippen LogP contribution in [0.2, 0.25) is 0 Å². The van der Waals surface area contributed by atoms with E-state index in [4.69, 9.17) is 0 Å². The van der Waals surface area contributed by atoms with Crippen molar-refractivity contribution in [2.45, 2.75) is 57.8 Å². The van der Waals surface area contributed by atoms with Crippen LogP contribution < -0.4 is 5.32 Å². The molecule has 1 amide bonds. The van der Waals surface area contributed by atoms with Crippen LogP contribution in [0.1, 0.15) is 48.3 Å². The van der Waals surface area contributed by atoms with Crippen molar-refractivity contribution < 1.29 is 13.2 Å². The number of sulfonamides is 1. The van der Waals surface area contributed by atoms with E-state index in [9.17, 15) is 13.2 Å². The van der Waals surface area contributed by atoms with Crippen LogP contribution in [0.4, 0.5) is 5.82 Å². The zero-order valence-corrected chi connectivity index (χ0v) is 20.6. The highest BCUT2D eigenvalue weighted by Crippen LogP contribution is 2.21. The van der Waals surface area contributed by atoms with Crippen molar-refractivity contribution in [3.05, 3.63) is 59.0 Å². The Morgan fingerprint density at radius 1 is 0.941 bits per heavy atom. The molecule has 1 saturated heterocycles. The third-order valence-corrected chi connectivity index (χ3v) is 7.69. The first-order chi connectivity index (χ1) is 16.2. The van der Waals surface area contributed by atoms with Crippen molar-refractivity contribution in [2.75, 3.05) is 18.4 Å². The maximum absolute atomic E-state index is 12.8. The first-order valence-corrected chi connectivity index (χ1v) is 12.9. The number of carbonyl (C=O) groups is 1. The van der Waals surface area contributed by atoms with E-state index in [2.05, 4.69) is 20.4 Å². The zero-order chi connectivity index (χ0) is 24.3. The summed E-state index contributed by atoms with van der Waals surface area (Å²) in [5.74, 6) is 0.748. The lowest BCUT2D eigenvalue weighted by Crippen LogP contribution is -2.35. The van der Waals surface area contributed by atoms with E-state index in [0.29, 0.717) is 36.2 Å². The highest BCUT2D eigenvalue weighted by molar-refractivity contribution is 7.89. The molecule has 1 fully saturated rings. The van der Waals surface area contributed by atoms with Crippen molar-refractivity contribution in [1.29, 1.82) is 0 Å². The van der Waals surface area contributed by atoms with E-state index in [-0.39, 0.29) is 12.3 Å². The van der Waals surface area contributed by atoms with Crippen molar-refractivity contribution in [1.82, 2.24) is 24.1 Å². The third kappa shape index (κ3) is 5.51. The molecule has 34 heavy (non-hydrogen) atoms.